The molecule has 0 amide bonds. The van der Waals surface area contributed by atoms with Crippen LogP contribution in [0.25, 0.3) is 11.3 Å². The number of methoxy groups -OCH3 is 7. The first kappa shape index (κ1) is 37.6. The number of likely N-dealkylation sites (N-methyl/N-ethyl adjacent to an activating group) is 1. The molecule has 4 aromatic rings. The van der Waals surface area contributed by atoms with Gasteiger partial charge >= 0.3 is 0 Å². The number of aldehydes is 1. The number of hydrogen-bond acceptors (Lipinski definition) is 12. The Labute approximate surface area is 321 Å². The molecule has 0 radical (unpaired) electrons. The Morgan fingerprint density at radius 2 is 1.40 bits per heavy atom. The topological polar surface area (TPSA) is 115 Å². The van der Waals surface area contributed by atoms with Crippen LogP contribution < -0.4 is 47.9 Å². The van der Waals surface area contributed by atoms with Crippen molar-refractivity contribution in [1.82, 2.24) is 10.2 Å². The fourth-order valence-corrected chi connectivity index (χ4v) is 8.20. The zero-order chi connectivity index (χ0) is 38.8. The van der Waals surface area contributed by atoms with Gasteiger partial charge in [0.2, 0.25) is 12.5 Å². The highest BCUT2D eigenvalue weighted by molar-refractivity contribution is 6.18. The molecule has 55 heavy (non-hydrogen) atoms. The Morgan fingerprint density at radius 3 is 2.07 bits per heavy atom. The maximum Gasteiger partial charge on any atom is 0.231 e. The van der Waals surface area contributed by atoms with Gasteiger partial charge in [-0.15, -0.1) is 0 Å². The molecule has 3 heterocycles. The molecule has 3 aliphatic heterocycles. The van der Waals surface area contributed by atoms with Crippen LogP contribution in [-0.2, 0) is 30.5 Å². The molecular formula is C43H48N2O10. The predicted octanol–water partition coefficient (Wildman–Crippen LogP) is 6.05. The standard InChI is InChI=1S/C43H48N2O10/c1-45-14-12-28-31(21-38(49-4)43(53-8)42(28)52-7)33(45)16-26-10-9-25(40(50-5)41(26)51-6)15-27-18-36-37(55-23-54-36)19-29(27)32(22-46)39-30-20-35(48-3)34(47-2)17-24(30)11-13-44-39/h9-10,17-22,33,44H,11-16,23H2,1-8H3/b39-32-/t33-/m1/s1. The van der Waals surface area contributed by atoms with E-state index in [1.807, 2.05) is 24.3 Å². The normalized spacial score (nSPS) is 16.6. The number of allylic oxidation sites excluding steroid dienone is 1. The number of ether oxygens (including phenoxy) is 9. The Morgan fingerprint density at radius 1 is 0.745 bits per heavy atom. The summed E-state index contributed by atoms with van der Waals surface area (Å²) in [5.74, 6) is 5.58. The van der Waals surface area contributed by atoms with Crippen LogP contribution in [0.1, 0.15) is 50.5 Å². The number of carbonyl (C=O) groups excluding carboxylic acids is 1. The summed E-state index contributed by atoms with van der Waals surface area (Å²) < 4.78 is 52.5. The van der Waals surface area contributed by atoms with E-state index in [-0.39, 0.29) is 12.8 Å². The molecule has 1 N–H and O–H groups in total. The lowest BCUT2D eigenvalue weighted by Gasteiger charge is -2.36. The van der Waals surface area contributed by atoms with E-state index in [2.05, 4.69) is 35.5 Å². The molecule has 0 unspecified atom stereocenters. The Bertz CT molecular complexity index is 2150. The first-order valence-corrected chi connectivity index (χ1v) is 18.2. The summed E-state index contributed by atoms with van der Waals surface area (Å²) in [5.41, 5.74) is 8.78. The lowest BCUT2D eigenvalue weighted by molar-refractivity contribution is -0.103. The van der Waals surface area contributed by atoms with Crippen molar-refractivity contribution in [3.8, 4) is 51.7 Å². The first-order chi connectivity index (χ1) is 26.8. The van der Waals surface area contributed by atoms with Crippen molar-refractivity contribution in [2.24, 2.45) is 0 Å². The maximum absolute atomic E-state index is 13.2. The van der Waals surface area contributed by atoms with Crippen molar-refractivity contribution >= 4 is 17.6 Å². The number of fused-ring (bicyclic) bond motifs is 3. The minimum absolute atomic E-state index is 0.00591. The van der Waals surface area contributed by atoms with Crippen LogP contribution in [0.15, 0.2) is 42.5 Å². The summed E-state index contributed by atoms with van der Waals surface area (Å²) >= 11 is 0. The van der Waals surface area contributed by atoms with Gasteiger partial charge in [0, 0.05) is 47.8 Å². The van der Waals surface area contributed by atoms with Gasteiger partial charge in [-0.05, 0) is 84.5 Å². The number of hydrogen-bond donors (Lipinski definition) is 1. The molecule has 0 aromatic heterocycles. The molecule has 3 aliphatic rings. The lowest BCUT2D eigenvalue weighted by atomic mass is 9.86. The highest BCUT2D eigenvalue weighted by Gasteiger charge is 2.33. The van der Waals surface area contributed by atoms with Gasteiger partial charge in [-0.25, -0.2) is 0 Å². The van der Waals surface area contributed by atoms with Crippen LogP contribution >= 0.6 is 0 Å². The van der Waals surface area contributed by atoms with Crippen LogP contribution in [0, 0.1) is 0 Å². The SMILES string of the molecule is COc1cc2c(cc1OC)/C(=C(\C=O)c1cc3c(cc1Cc1ccc(C[C@@H]4c5cc(OC)c(OC)c(OC)c5CCN4C)c(OC)c1OC)OCO3)NCC2. The van der Waals surface area contributed by atoms with E-state index in [1.54, 1.807) is 49.8 Å². The third-order valence-electron chi connectivity index (χ3n) is 10.9. The van der Waals surface area contributed by atoms with Gasteiger partial charge in [-0.1, -0.05) is 12.1 Å². The van der Waals surface area contributed by atoms with Crippen molar-refractivity contribution < 1.29 is 47.4 Å². The molecule has 0 saturated heterocycles. The van der Waals surface area contributed by atoms with Gasteiger partial charge in [0.1, 0.15) is 0 Å². The van der Waals surface area contributed by atoms with E-state index in [1.165, 1.54) is 0 Å². The monoisotopic (exact) mass is 752 g/mol. The van der Waals surface area contributed by atoms with Gasteiger partial charge in [0.05, 0.1) is 55.5 Å². The number of carbonyl (C=O) groups is 1. The molecule has 0 bridgehead atoms. The van der Waals surface area contributed by atoms with Gasteiger partial charge in [0.15, 0.2) is 52.3 Å². The van der Waals surface area contributed by atoms with Crippen LogP contribution in [0.2, 0.25) is 0 Å². The molecule has 12 heteroatoms. The van der Waals surface area contributed by atoms with Crippen molar-refractivity contribution in [2.45, 2.75) is 31.7 Å². The quantitative estimate of drug-likeness (QED) is 0.127. The lowest BCUT2D eigenvalue weighted by Crippen LogP contribution is -2.34. The second kappa shape index (κ2) is 15.9. The fourth-order valence-electron chi connectivity index (χ4n) is 8.20. The largest absolute Gasteiger partial charge is 0.493 e. The highest BCUT2D eigenvalue weighted by Crippen LogP contribution is 2.49. The van der Waals surface area contributed by atoms with Gasteiger partial charge < -0.3 is 47.9 Å². The molecule has 0 aliphatic carbocycles. The van der Waals surface area contributed by atoms with Crippen molar-refractivity contribution in [1.29, 1.82) is 0 Å². The average molecular weight is 753 g/mol. The molecule has 4 aromatic carbocycles. The summed E-state index contributed by atoms with van der Waals surface area (Å²) in [6.07, 6.45) is 3.52. The van der Waals surface area contributed by atoms with Crippen LogP contribution in [-0.4, -0.2) is 87.9 Å². The molecule has 0 spiro atoms. The van der Waals surface area contributed by atoms with Crippen molar-refractivity contribution in [3.05, 3.63) is 87.0 Å². The van der Waals surface area contributed by atoms with E-state index in [0.717, 1.165) is 64.6 Å². The molecule has 7 rings (SSSR count). The third-order valence-corrected chi connectivity index (χ3v) is 10.9. The summed E-state index contributed by atoms with van der Waals surface area (Å²) in [6, 6.07) is 14.0. The van der Waals surface area contributed by atoms with Gasteiger partial charge in [-0.3, -0.25) is 9.69 Å². The van der Waals surface area contributed by atoms with Crippen molar-refractivity contribution in [2.75, 3.05) is 76.7 Å². The van der Waals surface area contributed by atoms with Crippen LogP contribution in [0.5, 0.6) is 51.7 Å². The van der Waals surface area contributed by atoms with E-state index >= 15 is 0 Å². The summed E-state index contributed by atoms with van der Waals surface area (Å²) in [6.45, 7) is 1.58. The Kier molecular flexibility index (Phi) is 10.9. The van der Waals surface area contributed by atoms with Gasteiger partial charge in [0.25, 0.3) is 0 Å². The Hall–Kier alpha value is -5.75. The van der Waals surface area contributed by atoms with E-state index < -0.39 is 0 Å². The number of nitrogens with one attached hydrogen (secondary N) is 1. The first-order valence-electron chi connectivity index (χ1n) is 18.2. The summed E-state index contributed by atoms with van der Waals surface area (Å²) in [4.78, 5) is 15.5. The zero-order valence-corrected chi connectivity index (χ0v) is 32.7. The van der Waals surface area contributed by atoms with Crippen molar-refractivity contribution in [3.63, 3.8) is 0 Å². The van der Waals surface area contributed by atoms with E-state index in [9.17, 15) is 4.79 Å². The number of rotatable bonds is 13. The second-order valence-electron chi connectivity index (χ2n) is 13.6. The van der Waals surface area contributed by atoms with Crippen LogP contribution in [0.4, 0.5) is 0 Å². The van der Waals surface area contributed by atoms with Gasteiger partial charge in [-0.2, -0.15) is 0 Å². The smallest absolute Gasteiger partial charge is 0.231 e. The molecule has 290 valence electrons. The number of nitrogens with zero attached hydrogens (tertiary/aromatic N) is 1. The molecule has 12 nitrogen and oxygen atoms in total. The second-order valence-corrected chi connectivity index (χ2v) is 13.6. The molecule has 0 saturated carbocycles. The Balaban J connectivity index is 1.31. The minimum atomic E-state index is -0.00591. The molecular weight excluding hydrogens is 704 g/mol. The zero-order valence-electron chi connectivity index (χ0n) is 32.7. The minimum Gasteiger partial charge on any atom is -0.493 e. The van der Waals surface area contributed by atoms with E-state index in [0.29, 0.717) is 88.0 Å². The highest BCUT2D eigenvalue weighted by atomic mass is 16.7. The third kappa shape index (κ3) is 6.69. The number of benzene rings is 4. The van der Waals surface area contributed by atoms with E-state index in [4.69, 9.17) is 42.6 Å². The average Bonchev–Trinajstić information content (AvgIpc) is 3.68. The summed E-state index contributed by atoms with van der Waals surface area (Å²) in [5, 5.41) is 3.50. The van der Waals surface area contributed by atoms with Crippen LogP contribution in [0.3, 0.4) is 0 Å². The fraction of sp³-hybridized carbons (Fsp3) is 0.372. The molecule has 0 fully saturated rings. The maximum atomic E-state index is 13.2. The molecule has 1 atom stereocenters. The predicted molar refractivity (Wildman–Crippen MR) is 208 cm³/mol. The summed E-state index contributed by atoms with van der Waals surface area (Å²) in [7, 11) is 13.6.